The van der Waals surface area contributed by atoms with E-state index in [4.69, 9.17) is 0 Å². The summed E-state index contributed by atoms with van der Waals surface area (Å²) in [5.74, 6) is -0.180. The van der Waals surface area contributed by atoms with E-state index in [0.29, 0.717) is 5.56 Å². The summed E-state index contributed by atoms with van der Waals surface area (Å²) in [4.78, 5) is 4.36. The van der Waals surface area contributed by atoms with Gasteiger partial charge in [-0.3, -0.25) is 4.98 Å². The minimum Gasteiger partial charge on any atom is -0.308 e. The maximum Gasteiger partial charge on any atom is 0.128 e. The van der Waals surface area contributed by atoms with Crippen LogP contribution < -0.4 is 5.32 Å². The zero-order chi connectivity index (χ0) is 14.0. The van der Waals surface area contributed by atoms with Crippen LogP contribution in [0, 0.1) is 26.6 Å². The van der Waals surface area contributed by atoms with Crippen LogP contribution in [0.2, 0.25) is 0 Å². The zero-order valence-electron chi connectivity index (χ0n) is 11.8. The van der Waals surface area contributed by atoms with E-state index in [1.807, 2.05) is 46.0 Å². The second-order valence-corrected chi connectivity index (χ2v) is 4.96. The minimum absolute atomic E-state index is 0.180. The highest BCUT2D eigenvalue weighted by atomic mass is 19.1. The molecule has 0 amide bonds. The fourth-order valence-corrected chi connectivity index (χ4v) is 2.45. The van der Waals surface area contributed by atoms with Crippen LogP contribution in [0.15, 0.2) is 30.5 Å². The summed E-state index contributed by atoms with van der Waals surface area (Å²) in [7, 11) is 1.83. The van der Waals surface area contributed by atoms with Gasteiger partial charge in [0.25, 0.3) is 0 Å². The first-order valence-corrected chi connectivity index (χ1v) is 6.39. The maximum atomic E-state index is 14.3. The topological polar surface area (TPSA) is 24.9 Å². The number of aromatic nitrogens is 1. The molecule has 1 aromatic carbocycles. The standard InChI is InChI=1S/C16H19FN2/c1-10-5-6-19-14(9-10)16(18-4)15-12(3)7-11(2)8-13(15)17/h5-9,16,18H,1-4H3. The summed E-state index contributed by atoms with van der Waals surface area (Å²) in [5, 5.41) is 3.16. The molecule has 0 aliphatic rings. The van der Waals surface area contributed by atoms with Gasteiger partial charge in [0.05, 0.1) is 11.7 Å². The number of benzene rings is 1. The summed E-state index contributed by atoms with van der Waals surface area (Å²) in [5.41, 5.74) is 4.51. The van der Waals surface area contributed by atoms with Gasteiger partial charge in [0, 0.05) is 11.8 Å². The molecule has 2 rings (SSSR count). The van der Waals surface area contributed by atoms with E-state index in [1.165, 1.54) is 0 Å². The smallest absolute Gasteiger partial charge is 0.128 e. The Bertz CT molecular complexity index is 570. The van der Waals surface area contributed by atoms with Crippen molar-refractivity contribution in [3.63, 3.8) is 0 Å². The summed E-state index contributed by atoms with van der Waals surface area (Å²) >= 11 is 0. The lowest BCUT2D eigenvalue weighted by Crippen LogP contribution is -2.21. The van der Waals surface area contributed by atoms with Crippen LogP contribution in [-0.4, -0.2) is 12.0 Å². The number of hydrogen-bond donors (Lipinski definition) is 1. The van der Waals surface area contributed by atoms with Crippen molar-refractivity contribution in [1.29, 1.82) is 0 Å². The number of hydrogen-bond acceptors (Lipinski definition) is 2. The molecule has 2 aromatic rings. The van der Waals surface area contributed by atoms with Gasteiger partial charge >= 0.3 is 0 Å². The van der Waals surface area contributed by atoms with Gasteiger partial charge < -0.3 is 5.32 Å². The van der Waals surface area contributed by atoms with Crippen molar-refractivity contribution in [3.05, 3.63) is 64.2 Å². The van der Waals surface area contributed by atoms with Crippen LogP contribution in [0.4, 0.5) is 4.39 Å². The molecular weight excluding hydrogens is 239 g/mol. The third-order valence-electron chi connectivity index (χ3n) is 3.29. The van der Waals surface area contributed by atoms with Gasteiger partial charge in [-0.1, -0.05) is 6.07 Å². The molecule has 1 unspecified atom stereocenters. The Morgan fingerprint density at radius 3 is 2.42 bits per heavy atom. The van der Waals surface area contributed by atoms with E-state index in [-0.39, 0.29) is 11.9 Å². The average Bonchev–Trinajstić information content (AvgIpc) is 2.33. The van der Waals surface area contributed by atoms with Gasteiger partial charge in [-0.05, 0) is 62.7 Å². The highest BCUT2D eigenvalue weighted by Gasteiger charge is 2.20. The maximum absolute atomic E-state index is 14.3. The summed E-state index contributed by atoms with van der Waals surface area (Å²) < 4.78 is 14.3. The van der Waals surface area contributed by atoms with E-state index < -0.39 is 0 Å². The van der Waals surface area contributed by atoms with Crippen molar-refractivity contribution in [2.45, 2.75) is 26.8 Å². The third-order valence-corrected chi connectivity index (χ3v) is 3.29. The number of nitrogens with zero attached hydrogens (tertiary/aromatic N) is 1. The van der Waals surface area contributed by atoms with Gasteiger partial charge in [0.2, 0.25) is 0 Å². The second kappa shape index (κ2) is 5.49. The zero-order valence-corrected chi connectivity index (χ0v) is 11.8. The molecule has 1 aromatic heterocycles. The molecule has 0 spiro atoms. The Morgan fingerprint density at radius 2 is 1.84 bits per heavy atom. The normalized spacial score (nSPS) is 12.5. The lowest BCUT2D eigenvalue weighted by atomic mass is 9.95. The lowest BCUT2D eigenvalue weighted by Gasteiger charge is -2.20. The lowest BCUT2D eigenvalue weighted by molar-refractivity contribution is 0.566. The van der Waals surface area contributed by atoms with Crippen molar-refractivity contribution in [1.82, 2.24) is 10.3 Å². The summed E-state index contributed by atoms with van der Waals surface area (Å²) in [6.07, 6.45) is 1.76. The van der Waals surface area contributed by atoms with Gasteiger partial charge in [-0.15, -0.1) is 0 Å². The number of aryl methyl sites for hydroxylation is 3. The first-order chi connectivity index (χ1) is 9.02. The molecule has 1 atom stereocenters. The number of pyridine rings is 1. The SMILES string of the molecule is CNC(c1cc(C)ccn1)c1c(C)cc(C)cc1F. The van der Waals surface area contributed by atoms with Gasteiger partial charge in [-0.25, -0.2) is 4.39 Å². The quantitative estimate of drug-likeness (QED) is 0.912. The molecular formula is C16H19FN2. The van der Waals surface area contributed by atoms with Gasteiger partial charge in [-0.2, -0.15) is 0 Å². The number of halogens is 1. The van der Waals surface area contributed by atoms with E-state index in [2.05, 4.69) is 10.3 Å². The molecule has 1 N–H and O–H groups in total. The molecule has 0 fully saturated rings. The highest BCUT2D eigenvalue weighted by molar-refractivity contribution is 5.38. The molecule has 0 aliphatic carbocycles. The molecule has 100 valence electrons. The van der Waals surface area contributed by atoms with Crippen molar-refractivity contribution in [2.24, 2.45) is 0 Å². The molecule has 2 nitrogen and oxygen atoms in total. The fraction of sp³-hybridized carbons (Fsp3) is 0.312. The van der Waals surface area contributed by atoms with Crippen molar-refractivity contribution < 1.29 is 4.39 Å². The predicted molar refractivity (Wildman–Crippen MR) is 75.8 cm³/mol. The number of rotatable bonds is 3. The van der Waals surface area contributed by atoms with Crippen LogP contribution in [0.3, 0.4) is 0 Å². The van der Waals surface area contributed by atoms with Crippen molar-refractivity contribution >= 4 is 0 Å². The average molecular weight is 258 g/mol. The summed E-state index contributed by atoms with van der Waals surface area (Å²) in [6.45, 7) is 5.85. The van der Waals surface area contributed by atoms with Crippen LogP contribution >= 0.6 is 0 Å². The van der Waals surface area contributed by atoms with Crippen LogP contribution in [-0.2, 0) is 0 Å². The molecule has 0 saturated heterocycles. The van der Waals surface area contributed by atoms with Crippen LogP contribution in [0.25, 0.3) is 0 Å². The van der Waals surface area contributed by atoms with Crippen LogP contribution in [0.1, 0.15) is 34.0 Å². The first-order valence-electron chi connectivity index (χ1n) is 6.39. The Morgan fingerprint density at radius 1 is 1.11 bits per heavy atom. The molecule has 0 saturated carbocycles. The molecule has 0 bridgehead atoms. The molecule has 0 radical (unpaired) electrons. The largest absolute Gasteiger partial charge is 0.308 e. The Labute approximate surface area is 113 Å². The summed E-state index contributed by atoms with van der Waals surface area (Å²) in [6, 6.07) is 7.27. The molecule has 3 heteroatoms. The minimum atomic E-state index is -0.222. The molecule has 19 heavy (non-hydrogen) atoms. The molecule has 0 aliphatic heterocycles. The Kier molecular flexibility index (Phi) is 3.96. The van der Waals surface area contributed by atoms with E-state index in [0.717, 1.165) is 22.4 Å². The van der Waals surface area contributed by atoms with Gasteiger partial charge in [0.15, 0.2) is 0 Å². The first kappa shape index (κ1) is 13.7. The van der Waals surface area contributed by atoms with Crippen molar-refractivity contribution in [2.75, 3.05) is 7.05 Å². The van der Waals surface area contributed by atoms with E-state index >= 15 is 0 Å². The van der Waals surface area contributed by atoms with Gasteiger partial charge in [0.1, 0.15) is 5.82 Å². The van der Waals surface area contributed by atoms with Crippen molar-refractivity contribution in [3.8, 4) is 0 Å². The predicted octanol–water partition coefficient (Wildman–Crippen LogP) is 3.45. The number of nitrogens with one attached hydrogen (secondary N) is 1. The Balaban J connectivity index is 2.54. The fourth-order valence-electron chi connectivity index (χ4n) is 2.45. The van der Waals surface area contributed by atoms with E-state index in [9.17, 15) is 4.39 Å². The second-order valence-electron chi connectivity index (χ2n) is 4.96. The van der Waals surface area contributed by atoms with Crippen LogP contribution in [0.5, 0.6) is 0 Å². The molecule has 1 heterocycles. The van der Waals surface area contributed by atoms with E-state index in [1.54, 1.807) is 12.3 Å². The highest BCUT2D eigenvalue weighted by Crippen LogP contribution is 2.27. The Hall–Kier alpha value is -1.74. The third kappa shape index (κ3) is 2.82. The monoisotopic (exact) mass is 258 g/mol.